The number of hydrogen-bond acceptors (Lipinski definition) is 3. The van der Waals surface area contributed by atoms with Gasteiger partial charge in [0.2, 0.25) is 5.67 Å². The maximum atomic E-state index is 13.3. The second-order valence-corrected chi connectivity index (χ2v) is 3.31. The number of alkyl halides is 1. The van der Waals surface area contributed by atoms with Crippen LogP contribution in [0.25, 0.3) is 0 Å². The van der Waals surface area contributed by atoms with Crippen molar-refractivity contribution in [1.82, 2.24) is 4.98 Å². The van der Waals surface area contributed by atoms with Crippen LogP contribution in [0.15, 0.2) is 24.4 Å². The summed E-state index contributed by atoms with van der Waals surface area (Å²) in [6.07, 6.45) is 1.59. The molecule has 0 atom stereocenters. The maximum Gasteiger partial charge on any atom is 0.345 e. The third kappa shape index (κ3) is 1.30. The standard InChI is InChI=1S/C9H9FN2O2/c10-9(8(13)14)5-12(6-9)7-3-1-2-4-11-7/h1-4H,5-6H2,(H,13,14). The first-order valence-electron chi connectivity index (χ1n) is 4.20. The Morgan fingerprint density at radius 2 is 2.29 bits per heavy atom. The predicted octanol–water partition coefficient (Wildman–Crippen LogP) is 0.695. The zero-order valence-corrected chi connectivity index (χ0v) is 7.35. The Hall–Kier alpha value is -1.65. The lowest BCUT2D eigenvalue weighted by Crippen LogP contribution is -2.63. The molecule has 2 rings (SSSR count). The lowest BCUT2D eigenvalue weighted by Gasteiger charge is -2.42. The first kappa shape index (κ1) is 8.93. The Labute approximate surface area is 80.0 Å². The molecule has 5 heteroatoms. The van der Waals surface area contributed by atoms with Gasteiger partial charge in [-0.15, -0.1) is 0 Å². The smallest absolute Gasteiger partial charge is 0.345 e. The molecular weight excluding hydrogens is 187 g/mol. The van der Waals surface area contributed by atoms with E-state index in [-0.39, 0.29) is 13.1 Å². The van der Waals surface area contributed by atoms with Crippen LogP contribution in [0.1, 0.15) is 0 Å². The number of pyridine rings is 1. The highest BCUT2D eigenvalue weighted by Crippen LogP contribution is 2.29. The second-order valence-electron chi connectivity index (χ2n) is 3.31. The minimum absolute atomic E-state index is 0.126. The molecule has 0 aliphatic carbocycles. The van der Waals surface area contributed by atoms with Gasteiger partial charge in [-0.1, -0.05) is 6.07 Å². The highest BCUT2D eigenvalue weighted by molar-refractivity contribution is 5.81. The molecule has 0 saturated carbocycles. The summed E-state index contributed by atoms with van der Waals surface area (Å²) in [4.78, 5) is 16.0. The quantitative estimate of drug-likeness (QED) is 0.756. The van der Waals surface area contributed by atoms with Gasteiger partial charge in [0.05, 0.1) is 13.1 Å². The third-order valence-corrected chi connectivity index (χ3v) is 2.24. The van der Waals surface area contributed by atoms with Gasteiger partial charge >= 0.3 is 5.97 Å². The molecule has 0 amide bonds. The van der Waals surface area contributed by atoms with Crippen molar-refractivity contribution >= 4 is 11.8 Å². The minimum atomic E-state index is -2.10. The van der Waals surface area contributed by atoms with Crippen LogP contribution < -0.4 is 4.90 Å². The zero-order valence-electron chi connectivity index (χ0n) is 7.35. The third-order valence-electron chi connectivity index (χ3n) is 2.24. The Morgan fingerprint density at radius 3 is 2.79 bits per heavy atom. The van der Waals surface area contributed by atoms with Gasteiger partial charge in [0.25, 0.3) is 0 Å². The van der Waals surface area contributed by atoms with Crippen LogP contribution in [0.2, 0.25) is 0 Å². The molecule has 1 aromatic heterocycles. The number of hydrogen-bond donors (Lipinski definition) is 1. The Kier molecular flexibility index (Phi) is 1.87. The molecule has 1 fully saturated rings. The summed E-state index contributed by atoms with van der Waals surface area (Å²) in [5.74, 6) is -0.785. The van der Waals surface area contributed by atoms with Crippen molar-refractivity contribution in [1.29, 1.82) is 0 Å². The first-order chi connectivity index (χ1) is 6.62. The minimum Gasteiger partial charge on any atom is -0.479 e. The highest BCUT2D eigenvalue weighted by Gasteiger charge is 2.50. The van der Waals surface area contributed by atoms with E-state index in [2.05, 4.69) is 4.98 Å². The fourth-order valence-corrected chi connectivity index (χ4v) is 1.40. The SMILES string of the molecule is O=C(O)C1(F)CN(c2ccccn2)C1. The van der Waals surface area contributed by atoms with Crippen LogP contribution in [-0.4, -0.2) is 34.8 Å². The van der Waals surface area contributed by atoms with Crippen LogP contribution >= 0.6 is 0 Å². The van der Waals surface area contributed by atoms with E-state index in [1.165, 1.54) is 0 Å². The second kappa shape index (κ2) is 2.94. The van der Waals surface area contributed by atoms with E-state index in [9.17, 15) is 9.18 Å². The van der Waals surface area contributed by atoms with E-state index < -0.39 is 11.6 Å². The first-order valence-corrected chi connectivity index (χ1v) is 4.20. The molecule has 0 aromatic carbocycles. The number of nitrogens with zero attached hydrogens (tertiary/aromatic N) is 2. The van der Waals surface area contributed by atoms with Crippen LogP contribution in [0.5, 0.6) is 0 Å². The summed E-state index contributed by atoms with van der Waals surface area (Å²) in [5.41, 5.74) is -2.10. The number of aliphatic carboxylic acids is 1. The Balaban J connectivity index is 2.05. The van der Waals surface area contributed by atoms with Crippen LogP contribution in [0.4, 0.5) is 10.2 Å². The molecule has 1 N–H and O–H groups in total. The summed E-state index contributed by atoms with van der Waals surface area (Å²) in [6.45, 7) is -0.251. The van der Waals surface area contributed by atoms with Crippen LogP contribution in [-0.2, 0) is 4.79 Å². The number of carbonyl (C=O) groups is 1. The molecule has 1 aliphatic rings. The van der Waals surface area contributed by atoms with E-state index in [1.54, 1.807) is 29.3 Å². The summed E-state index contributed by atoms with van der Waals surface area (Å²) in [7, 11) is 0. The van der Waals surface area contributed by atoms with Gasteiger partial charge in [0.15, 0.2) is 0 Å². The van der Waals surface area contributed by atoms with Gasteiger partial charge in [-0.25, -0.2) is 14.2 Å². The van der Waals surface area contributed by atoms with Crippen molar-refractivity contribution in [2.75, 3.05) is 18.0 Å². The van der Waals surface area contributed by atoms with E-state index in [0.29, 0.717) is 5.82 Å². The van der Waals surface area contributed by atoms with Crippen molar-refractivity contribution in [3.63, 3.8) is 0 Å². The average Bonchev–Trinajstić information content (AvgIpc) is 2.14. The van der Waals surface area contributed by atoms with E-state index in [0.717, 1.165) is 0 Å². The summed E-state index contributed by atoms with van der Waals surface area (Å²) in [5, 5.41) is 8.54. The number of aromatic nitrogens is 1. The fraction of sp³-hybridized carbons (Fsp3) is 0.333. The normalized spacial score (nSPS) is 18.8. The highest BCUT2D eigenvalue weighted by atomic mass is 19.1. The van der Waals surface area contributed by atoms with Gasteiger partial charge < -0.3 is 10.0 Å². The molecule has 1 aliphatic heterocycles. The van der Waals surface area contributed by atoms with E-state index in [4.69, 9.17) is 5.11 Å². The molecule has 0 unspecified atom stereocenters. The van der Waals surface area contributed by atoms with Gasteiger partial charge in [-0.05, 0) is 12.1 Å². The lowest BCUT2D eigenvalue weighted by atomic mass is 9.97. The summed E-state index contributed by atoms with van der Waals surface area (Å²) < 4.78 is 13.3. The zero-order chi connectivity index (χ0) is 10.2. The van der Waals surface area contributed by atoms with Crippen molar-refractivity contribution in [2.45, 2.75) is 5.67 Å². The number of carboxylic acid groups (broad SMARTS) is 1. The van der Waals surface area contributed by atoms with Gasteiger partial charge in [0.1, 0.15) is 5.82 Å². The molecule has 0 radical (unpaired) electrons. The number of halogens is 1. The average molecular weight is 196 g/mol. The largest absolute Gasteiger partial charge is 0.479 e. The molecule has 2 heterocycles. The topological polar surface area (TPSA) is 53.4 Å². The summed E-state index contributed by atoms with van der Waals surface area (Å²) >= 11 is 0. The fourth-order valence-electron chi connectivity index (χ4n) is 1.40. The van der Waals surface area contributed by atoms with Gasteiger partial charge in [-0.2, -0.15) is 0 Å². The molecule has 14 heavy (non-hydrogen) atoms. The van der Waals surface area contributed by atoms with Crippen LogP contribution in [0, 0.1) is 0 Å². The van der Waals surface area contributed by atoms with Crippen molar-refractivity contribution in [2.24, 2.45) is 0 Å². The van der Waals surface area contributed by atoms with E-state index >= 15 is 0 Å². The van der Waals surface area contributed by atoms with Gasteiger partial charge in [0, 0.05) is 6.20 Å². The molecule has 0 spiro atoms. The molecule has 1 saturated heterocycles. The Bertz CT molecular complexity index is 349. The number of rotatable bonds is 2. The van der Waals surface area contributed by atoms with Crippen molar-refractivity contribution in [3.8, 4) is 0 Å². The Morgan fingerprint density at radius 1 is 1.57 bits per heavy atom. The molecule has 0 bridgehead atoms. The summed E-state index contributed by atoms with van der Waals surface area (Å²) in [6, 6.07) is 5.26. The molecule has 74 valence electrons. The van der Waals surface area contributed by atoms with Crippen molar-refractivity contribution < 1.29 is 14.3 Å². The molecule has 4 nitrogen and oxygen atoms in total. The molecule has 1 aromatic rings. The molecular formula is C9H9FN2O2. The monoisotopic (exact) mass is 196 g/mol. The lowest BCUT2D eigenvalue weighted by molar-refractivity contribution is -0.152. The predicted molar refractivity (Wildman–Crippen MR) is 47.9 cm³/mol. The van der Waals surface area contributed by atoms with Gasteiger partial charge in [-0.3, -0.25) is 0 Å². The van der Waals surface area contributed by atoms with E-state index in [1.807, 2.05) is 0 Å². The number of carboxylic acids is 1. The number of anilines is 1. The van der Waals surface area contributed by atoms with Crippen molar-refractivity contribution in [3.05, 3.63) is 24.4 Å². The maximum absolute atomic E-state index is 13.3. The van der Waals surface area contributed by atoms with Crippen LogP contribution in [0.3, 0.4) is 0 Å².